The molecule has 7 heteroatoms. The number of hydrogen-bond donors (Lipinski definition) is 2. The Morgan fingerprint density at radius 3 is 2.64 bits per heavy atom. The van der Waals surface area contributed by atoms with Crippen LogP contribution in [0.5, 0.6) is 0 Å². The second-order valence-corrected chi connectivity index (χ2v) is 7.04. The third-order valence-corrected chi connectivity index (χ3v) is 5.07. The van der Waals surface area contributed by atoms with E-state index in [0.717, 1.165) is 25.0 Å². The molecule has 2 rings (SSSR count). The number of nitrogens with one attached hydrogen (secondary N) is 2. The first kappa shape index (κ1) is 19.4. The van der Waals surface area contributed by atoms with Gasteiger partial charge in [0.15, 0.2) is 0 Å². The molecule has 0 saturated carbocycles. The largest absolute Gasteiger partial charge is 0.450 e. The van der Waals surface area contributed by atoms with E-state index >= 15 is 0 Å². The van der Waals surface area contributed by atoms with Gasteiger partial charge in [-0.1, -0.05) is 18.2 Å². The molecule has 25 heavy (non-hydrogen) atoms. The molecule has 1 heterocycles. The molecule has 138 valence electrons. The summed E-state index contributed by atoms with van der Waals surface area (Å²) in [6, 6.07) is 10.2. The van der Waals surface area contributed by atoms with Crippen LogP contribution >= 0.6 is 11.8 Å². The summed E-state index contributed by atoms with van der Waals surface area (Å²) in [4.78, 5) is 26.5. The quantitative estimate of drug-likeness (QED) is 0.575. The summed E-state index contributed by atoms with van der Waals surface area (Å²) in [6.07, 6.45) is 2.18. The summed E-state index contributed by atoms with van der Waals surface area (Å²) in [5.74, 6) is 0.974. The highest BCUT2D eigenvalue weighted by Crippen LogP contribution is 2.17. The second kappa shape index (κ2) is 10.9. The molecule has 0 unspecified atom stereocenters. The van der Waals surface area contributed by atoms with Crippen molar-refractivity contribution in [3.05, 3.63) is 30.3 Å². The summed E-state index contributed by atoms with van der Waals surface area (Å²) < 4.78 is 4.99. The van der Waals surface area contributed by atoms with Crippen LogP contribution in [0.1, 0.15) is 26.2 Å². The average molecular weight is 365 g/mol. The fraction of sp³-hybridized carbons (Fsp3) is 0.556. The molecule has 2 N–H and O–H groups in total. The van der Waals surface area contributed by atoms with Crippen LogP contribution in [-0.2, 0) is 4.74 Å². The van der Waals surface area contributed by atoms with Crippen LogP contribution in [0, 0.1) is 0 Å². The fourth-order valence-corrected chi connectivity index (χ4v) is 3.51. The number of benzene rings is 1. The number of hydrogen-bond acceptors (Lipinski definition) is 4. The highest BCUT2D eigenvalue weighted by Gasteiger charge is 2.24. The van der Waals surface area contributed by atoms with E-state index in [1.807, 2.05) is 18.2 Å². The molecule has 1 aromatic carbocycles. The van der Waals surface area contributed by atoms with Crippen LogP contribution < -0.4 is 10.6 Å². The summed E-state index contributed by atoms with van der Waals surface area (Å²) >= 11 is 1.79. The van der Waals surface area contributed by atoms with Crippen LogP contribution in [0.4, 0.5) is 9.59 Å². The fourth-order valence-electron chi connectivity index (χ4n) is 2.64. The zero-order valence-electron chi connectivity index (χ0n) is 14.7. The molecule has 0 aromatic heterocycles. The number of amides is 3. The van der Waals surface area contributed by atoms with Crippen LogP contribution in [0.25, 0.3) is 0 Å². The van der Waals surface area contributed by atoms with Crippen molar-refractivity contribution in [1.82, 2.24) is 15.5 Å². The summed E-state index contributed by atoms with van der Waals surface area (Å²) in [6.45, 7) is 4.10. The van der Waals surface area contributed by atoms with E-state index in [9.17, 15) is 9.59 Å². The molecule has 0 radical (unpaired) electrons. The van der Waals surface area contributed by atoms with Crippen molar-refractivity contribution >= 4 is 23.9 Å². The van der Waals surface area contributed by atoms with Gasteiger partial charge in [-0.15, -0.1) is 11.8 Å². The van der Waals surface area contributed by atoms with Gasteiger partial charge >= 0.3 is 12.1 Å². The number of nitrogens with zero attached hydrogens (tertiary/aromatic N) is 1. The highest BCUT2D eigenvalue weighted by molar-refractivity contribution is 7.99. The summed E-state index contributed by atoms with van der Waals surface area (Å²) in [5, 5.41) is 5.89. The lowest BCUT2D eigenvalue weighted by molar-refractivity contribution is 0.0957. The maximum atomic E-state index is 11.9. The molecule has 1 aliphatic heterocycles. The Balaban J connectivity index is 1.53. The number of carbonyl (C=O) groups excluding carboxylic acids is 2. The Kier molecular flexibility index (Phi) is 8.45. The third kappa shape index (κ3) is 7.25. The predicted octanol–water partition coefficient (Wildman–Crippen LogP) is 3.09. The lowest BCUT2D eigenvalue weighted by Gasteiger charge is -2.31. The van der Waals surface area contributed by atoms with Crippen molar-refractivity contribution in [3.63, 3.8) is 0 Å². The van der Waals surface area contributed by atoms with Gasteiger partial charge in [-0.05, 0) is 44.1 Å². The van der Waals surface area contributed by atoms with Gasteiger partial charge in [0.2, 0.25) is 0 Å². The first-order chi connectivity index (χ1) is 12.2. The minimum absolute atomic E-state index is 0.115. The Hall–Kier alpha value is -1.89. The van der Waals surface area contributed by atoms with Gasteiger partial charge in [0, 0.05) is 30.6 Å². The average Bonchev–Trinajstić information content (AvgIpc) is 2.63. The molecule has 1 saturated heterocycles. The maximum Gasteiger partial charge on any atom is 0.409 e. The van der Waals surface area contributed by atoms with Crippen LogP contribution in [-0.4, -0.2) is 55.1 Å². The normalized spacial score (nSPS) is 14.8. The monoisotopic (exact) mass is 365 g/mol. The van der Waals surface area contributed by atoms with Gasteiger partial charge in [0.1, 0.15) is 0 Å². The van der Waals surface area contributed by atoms with Gasteiger partial charge in [-0.2, -0.15) is 0 Å². The van der Waals surface area contributed by atoms with Crippen molar-refractivity contribution in [2.75, 3.05) is 32.0 Å². The molecular weight excluding hydrogens is 338 g/mol. The molecule has 3 amide bonds. The molecule has 1 fully saturated rings. The van der Waals surface area contributed by atoms with E-state index in [1.165, 1.54) is 4.90 Å². The number of piperidine rings is 1. The Morgan fingerprint density at radius 1 is 1.24 bits per heavy atom. The zero-order chi connectivity index (χ0) is 17.9. The number of likely N-dealkylation sites (tertiary alicyclic amines) is 1. The summed E-state index contributed by atoms with van der Waals surface area (Å²) in [7, 11) is 0. The number of urea groups is 1. The Labute approximate surface area is 153 Å². The molecule has 1 aromatic rings. The first-order valence-electron chi connectivity index (χ1n) is 8.83. The molecule has 1 aliphatic rings. The molecule has 0 bridgehead atoms. The highest BCUT2D eigenvalue weighted by atomic mass is 32.2. The van der Waals surface area contributed by atoms with E-state index < -0.39 is 0 Å². The SMILES string of the molecule is CCOC(=O)N1CCC(NC(=O)NCCCSc2ccccc2)CC1. The second-order valence-electron chi connectivity index (χ2n) is 5.88. The lowest BCUT2D eigenvalue weighted by Crippen LogP contribution is -2.49. The number of rotatable bonds is 7. The van der Waals surface area contributed by atoms with E-state index in [-0.39, 0.29) is 18.2 Å². The molecule has 0 atom stereocenters. The van der Waals surface area contributed by atoms with Gasteiger partial charge < -0.3 is 20.3 Å². The van der Waals surface area contributed by atoms with E-state index in [2.05, 4.69) is 22.8 Å². The third-order valence-electron chi connectivity index (χ3n) is 3.97. The van der Waals surface area contributed by atoms with Crippen LogP contribution in [0.3, 0.4) is 0 Å². The standard InChI is InChI=1S/C18H27N3O3S/c1-2-24-18(23)21-12-9-15(10-13-21)20-17(22)19-11-6-14-25-16-7-4-3-5-8-16/h3-5,7-8,15H,2,6,9-14H2,1H3,(H2,19,20,22). The van der Waals surface area contributed by atoms with Crippen molar-refractivity contribution in [1.29, 1.82) is 0 Å². The molecule has 0 aliphatic carbocycles. The van der Waals surface area contributed by atoms with Gasteiger partial charge in [-0.3, -0.25) is 0 Å². The molecule has 0 spiro atoms. The van der Waals surface area contributed by atoms with Crippen molar-refractivity contribution < 1.29 is 14.3 Å². The van der Waals surface area contributed by atoms with Gasteiger partial charge in [0.25, 0.3) is 0 Å². The smallest absolute Gasteiger partial charge is 0.409 e. The number of carbonyl (C=O) groups is 2. The minimum atomic E-state index is -0.263. The van der Waals surface area contributed by atoms with Gasteiger partial charge in [0.05, 0.1) is 6.61 Å². The van der Waals surface area contributed by atoms with E-state index in [4.69, 9.17) is 4.74 Å². The zero-order valence-corrected chi connectivity index (χ0v) is 15.5. The van der Waals surface area contributed by atoms with Crippen LogP contribution in [0.2, 0.25) is 0 Å². The molecular formula is C18H27N3O3S. The minimum Gasteiger partial charge on any atom is -0.450 e. The topological polar surface area (TPSA) is 70.7 Å². The van der Waals surface area contributed by atoms with Crippen molar-refractivity contribution in [3.8, 4) is 0 Å². The van der Waals surface area contributed by atoms with E-state index in [0.29, 0.717) is 26.2 Å². The molecule has 6 nitrogen and oxygen atoms in total. The van der Waals surface area contributed by atoms with Crippen molar-refractivity contribution in [2.24, 2.45) is 0 Å². The van der Waals surface area contributed by atoms with E-state index in [1.54, 1.807) is 23.6 Å². The predicted molar refractivity (Wildman–Crippen MR) is 99.9 cm³/mol. The van der Waals surface area contributed by atoms with Crippen LogP contribution in [0.15, 0.2) is 35.2 Å². The number of ether oxygens (including phenoxy) is 1. The Bertz CT molecular complexity index is 534. The van der Waals surface area contributed by atoms with Crippen molar-refractivity contribution in [2.45, 2.75) is 37.1 Å². The Morgan fingerprint density at radius 2 is 1.96 bits per heavy atom. The summed E-state index contributed by atoms with van der Waals surface area (Å²) in [5.41, 5.74) is 0. The number of thioether (sulfide) groups is 1. The lowest BCUT2D eigenvalue weighted by atomic mass is 10.1. The maximum absolute atomic E-state index is 11.9. The first-order valence-corrected chi connectivity index (χ1v) is 9.81. The van der Waals surface area contributed by atoms with Gasteiger partial charge in [-0.25, -0.2) is 9.59 Å².